The summed E-state index contributed by atoms with van der Waals surface area (Å²) in [5, 5.41) is 112. The number of hydrogen-bond acceptors (Lipinski definition) is 23. The predicted molar refractivity (Wildman–Crippen MR) is 261 cm³/mol. The van der Waals surface area contributed by atoms with Crippen LogP contribution in [-0.4, -0.2) is 248 Å². The molecule has 0 aliphatic carbocycles. The van der Waals surface area contributed by atoms with E-state index in [1.165, 1.54) is 6.07 Å². The molecule has 29 heteroatoms. The summed E-state index contributed by atoms with van der Waals surface area (Å²) >= 11 is 1.83. The van der Waals surface area contributed by atoms with Gasteiger partial charge in [0.2, 0.25) is 11.8 Å². The number of nitrogens with one attached hydrogen (secondary N) is 6. The van der Waals surface area contributed by atoms with Gasteiger partial charge in [0.25, 0.3) is 11.8 Å². The molecular weight excluding hydrogens is 1030 g/mol. The number of carbonyl (C=O) groups excluding carboxylic acids is 5. The van der Waals surface area contributed by atoms with E-state index in [1.807, 2.05) is 11.8 Å². The number of thioether (sulfide) groups is 1. The molecule has 1 aromatic carbocycles. The maximum atomic E-state index is 13.2. The van der Waals surface area contributed by atoms with Crippen LogP contribution in [0.3, 0.4) is 0 Å². The number of pyridine rings is 1. The zero-order chi connectivity index (χ0) is 54.6. The van der Waals surface area contributed by atoms with Crippen molar-refractivity contribution in [3.05, 3.63) is 36.0 Å². The van der Waals surface area contributed by atoms with Crippen LogP contribution in [0.5, 0.6) is 5.75 Å². The predicted octanol–water partition coefficient (Wildman–Crippen LogP) is -5.70. The first-order chi connectivity index (χ1) is 36.5. The molecule has 7 rings (SSSR count). The average Bonchev–Trinajstić information content (AvgIpc) is 3.98. The molecule has 5 aliphatic heterocycles. The van der Waals surface area contributed by atoms with Gasteiger partial charge in [0.1, 0.15) is 84.6 Å². The molecule has 28 nitrogen and oxygen atoms in total. The Bertz CT molecular complexity index is 2280. The van der Waals surface area contributed by atoms with Gasteiger partial charge >= 0.3 is 6.03 Å². The Kier molecular flexibility index (Phi) is 21.6. The number of urea groups is 1. The SMILES string of the molecule is CC(=O)N[C@H]1[C@H](OCCCNC(=O)COc2cc(C(=O)NCCNC(=O)CCCC[C@@H]3SC[C@@H]4NC(=O)N[C@@H]43)nc3ccccc23)O[C@H](CO)[C@@H](O[C@@H]2O[C@H](CO)[C@H](O)[C@H](O[C@H]3O[C@H](CO)[C@H](O)[C@H](O)[C@H]3O)[C@H]2O)[C@@H]1O. The van der Waals surface area contributed by atoms with E-state index in [4.69, 9.17) is 33.2 Å². The molecular formula is C47H69N7O21S. The van der Waals surface area contributed by atoms with Crippen LogP contribution in [0.15, 0.2) is 30.3 Å². The number of hydrogen-bond donors (Lipinski definition) is 15. The second-order valence-electron chi connectivity index (χ2n) is 18.9. The van der Waals surface area contributed by atoms with E-state index in [0.29, 0.717) is 29.0 Å². The summed E-state index contributed by atoms with van der Waals surface area (Å²) in [6.45, 7) is -1.52. The largest absolute Gasteiger partial charge is 0.483 e. The van der Waals surface area contributed by atoms with E-state index in [1.54, 1.807) is 24.3 Å². The van der Waals surface area contributed by atoms with Crippen molar-refractivity contribution in [2.24, 2.45) is 0 Å². The Labute approximate surface area is 439 Å². The Morgan fingerprint density at radius 3 is 2.14 bits per heavy atom. The van der Waals surface area contributed by atoms with Crippen LogP contribution in [0.2, 0.25) is 0 Å². The van der Waals surface area contributed by atoms with Crippen molar-refractivity contribution < 1.29 is 103 Å². The van der Waals surface area contributed by atoms with Crippen LogP contribution in [-0.2, 0) is 42.8 Å². The highest BCUT2D eigenvalue weighted by Gasteiger charge is 2.54. The third kappa shape index (κ3) is 14.7. The lowest BCUT2D eigenvalue weighted by Crippen LogP contribution is -2.68. The molecule has 0 spiro atoms. The van der Waals surface area contributed by atoms with Crippen LogP contribution in [0.1, 0.15) is 49.5 Å². The highest BCUT2D eigenvalue weighted by molar-refractivity contribution is 8.00. The van der Waals surface area contributed by atoms with E-state index in [0.717, 1.165) is 25.5 Å². The number of nitrogens with zero attached hydrogens (tertiary/aromatic N) is 1. The van der Waals surface area contributed by atoms with Crippen molar-refractivity contribution in [2.45, 2.75) is 148 Å². The number of ether oxygens (including phenoxy) is 7. The molecule has 5 aliphatic rings. The van der Waals surface area contributed by atoms with Gasteiger partial charge in [0, 0.05) is 55.4 Å². The number of benzene rings is 1. The lowest BCUT2D eigenvalue weighted by molar-refractivity contribution is -0.376. The third-order valence-corrected chi connectivity index (χ3v) is 15.0. The number of aliphatic hydroxyl groups is 9. The first kappa shape index (κ1) is 59.0. The fraction of sp³-hybridized carbons (Fsp3) is 0.702. The van der Waals surface area contributed by atoms with Gasteiger partial charge in [0.15, 0.2) is 25.5 Å². The minimum atomic E-state index is -1.99. The molecule has 0 unspecified atom stereocenters. The van der Waals surface area contributed by atoms with Crippen LogP contribution >= 0.6 is 11.8 Å². The number of aromatic nitrogens is 1. The zero-order valence-corrected chi connectivity index (χ0v) is 42.3. The number of fused-ring (bicyclic) bond motifs is 2. The fourth-order valence-electron chi connectivity index (χ4n) is 9.49. The van der Waals surface area contributed by atoms with Gasteiger partial charge in [-0.3, -0.25) is 19.2 Å². The smallest absolute Gasteiger partial charge is 0.315 e. The fourth-order valence-corrected chi connectivity index (χ4v) is 11.0. The molecule has 6 amide bonds. The minimum absolute atomic E-state index is 0.0237. The number of unbranched alkanes of at least 4 members (excludes halogenated alkanes) is 1. The van der Waals surface area contributed by atoms with Gasteiger partial charge in [0.05, 0.1) is 44.0 Å². The van der Waals surface area contributed by atoms with Crippen molar-refractivity contribution in [2.75, 3.05) is 58.4 Å². The number of amides is 6. The Morgan fingerprint density at radius 1 is 0.737 bits per heavy atom. The summed E-state index contributed by atoms with van der Waals surface area (Å²) in [7, 11) is 0. The summed E-state index contributed by atoms with van der Waals surface area (Å²) in [5.41, 5.74) is 0.460. The Balaban J connectivity index is 0.846. The molecule has 5 fully saturated rings. The number of aliphatic hydroxyl groups excluding tert-OH is 9. The van der Waals surface area contributed by atoms with Crippen LogP contribution in [0.4, 0.5) is 4.79 Å². The maximum absolute atomic E-state index is 13.2. The summed E-state index contributed by atoms with van der Waals surface area (Å²) in [6, 6.07) is 7.07. The van der Waals surface area contributed by atoms with Crippen molar-refractivity contribution in [1.82, 2.24) is 36.9 Å². The Hall–Kier alpha value is -4.67. The molecule has 0 bridgehead atoms. The van der Waals surface area contributed by atoms with Gasteiger partial charge in [-0.2, -0.15) is 11.8 Å². The molecule has 1 aromatic heterocycles. The molecule has 2 aromatic rings. The second kappa shape index (κ2) is 27.8. The van der Waals surface area contributed by atoms with Gasteiger partial charge in [-0.1, -0.05) is 18.6 Å². The first-order valence-electron chi connectivity index (χ1n) is 25.1. The van der Waals surface area contributed by atoms with E-state index >= 15 is 0 Å². The summed E-state index contributed by atoms with van der Waals surface area (Å²) < 4.78 is 40.1. The number of rotatable bonds is 25. The van der Waals surface area contributed by atoms with Crippen LogP contribution in [0.25, 0.3) is 10.9 Å². The van der Waals surface area contributed by atoms with E-state index < -0.39 is 136 Å². The van der Waals surface area contributed by atoms with Gasteiger partial charge < -0.3 is 111 Å². The van der Waals surface area contributed by atoms with Gasteiger partial charge in [-0.15, -0.1) is 0 Å². The van der Waals surface area contributed by atoms with Gasteiger partial charge in [-0.05, 0) is 31.4 Å². The van der Waals surface area contributed by atoms with Crippen molar-refractivity contribution >= 4 is 52.3 Å². The minimum Gasteiger partial charge on any atom is -0.483 e. The number of carbonyl (C=O) groups is 5. The van der Waals surface area contributed by atoms with Crippen LogP contribution in [0, 0.1) is 0 Å². The van der Waals surface area contributed by atoms with Crippen molar-refractivity contribution in [3.63, 3.8) is 0 Å². The Morgan fingerprint density at radius 2 is 1.41 bits per heavy atom. The number of para-hydroxylation sites is 1. The lowest BCUT2D eigenvalue weighted by Gasteiger charge is -2.48. The van der Waals surface area contributed by atoms with E-state index in [9.17, 15) is 69.9 Å². The average molecular weight is 1100 g/mol. The van der Waals surface area contributed by atoms with Crippen molar-refractivity contribution in [3.8, 4) is 5.75 Å². The molecule has 0 saturated carbocycles. The maximum Gasteiger partial charge on any atom is 0.315 e. The lowest BCUT2D eigenvalue weighted by atomic mass is 9.95. The normalized spacial score (nSPS) is 34.2. The topological polar surface area (TPSA) is 417 Å². The highest BCUT2D eigenvalue weighted by Crippen LogP contribution is 2.35. The molecule has 6 heterocycles. The quantitative estimate of drug-likeness (QED) is 0.0325. The summed E-state index contributed by atoms with van der Waals surface area (Å²) in [5.74, 6) is -0.734. The van der Waals surface area contributed by atoms with E-state index in [2.05, 4.69) is 36.9 Å². The molecule has 15 N–H and O–H groups in total. The zero-order valence-electron chi connectivity index (χ0n) is 41.5. The van der Waals surface area contributed by atoms with Gasteiger partial charge in [-0.25, -0.2) is 9.78 Å². The molecule has 424 valence electrons. The third-order valence-electron chi connectivity index (χ3n) is 13.5. The van der Waals surface area contributed by atoms with Crippen LogP contribution < -0.4 is 36.6 Å². The van der Waals surface area contributed by atoms with Crippen molar-refractivity contribution in [1.29, 1.82) is 0 Å². The standard InChI is InChI=1S/C47H69N7O21S/c1-21(58)51-34-37(63)41(74-46-40(66)42(36(62)28(17-56)72-46)75-45-39(65)38(64)35(61)27(16-55)71-45)29(18-57)73-44(34)69-14-6-11-48-32(60)19-70-26-15-24(52-23-8-3-2-7-22(23)26)43(67)50-13-12-49-31(59)10-5-4-9-30-33-25(20-76-30)53-47(68)54-33/h2-3,7-8,15,25,27-30,33-42,44-46,55-57,61-66H,4-6,9-14,16-20H2,1H3,(H,48,60)(H,49,59)(H,50,67)(H,51,58)(H2,53,54,68)/t25-,27+,28+,29+,30-,33-,34+,35-,36-,37+,38-,39+,40+,41+,42-,44+,45+,46-/m0/s1. The highest BCUT2D eigenvalue weighted by atomic mass is 32.2. The molecule has 0 radical (unpaired) electrons. The monoisotopic (exact) mass is 1100 g/mol. The summed E-state index contributed by atoms with van der Waals surface area (Å²) in [4.78, 5) is 66.9. The van der Waals surface area contributed by atoms with E-state index in [-0.39, 0.29) is 68.1 Å². The molecule has 5 saturated heterocycles. The second-order valence-corrected chi connectivity index (χ2v) is 20.2. The first-order valence-corrected chi connectivity index (χ1v) is 26.2. The molecule has 18 atom stereocenters. The molecule has 76 heavy (non-hydrogen) atoms. The summed E-state index contributed by atoms with van der Waals surface area (Å²) in [6.07, 6.45) is -21.0.